The van der Waals surface area contributed by atoms with Crippen LogP contribution in [0.3, 0.4) is 0 Å². The number of hydrogen-bond acceptors (Lipinski definition) is 5. The van der Waals surface area contributed by atoms with Crippen molar-refractivity contribution in [3.05, 3.63) is 54.1 Å². The van der Waals surface area contributed by atoms with Gasteiger partial charge in [-0.1, -0.05) is 30.3 Å². The summed E-state index contributed by atoms with van der Waals surface area (Å²) in [7, 11) is 0. The Morgan fingerprint density at radius 1 is 1.10 bits per heavy atom. The summed E-state index contributed by atoms with van der Waals surface area (Å²) in [5.74, 6) is 0.744. The molecule has 2 heterocycles. The Bertz CT molecular complexity index is 722. The summed E-state index contributed by atoms with van der Waals surface area (Å²) in [4.78, 5) is 14.3. The van der Waals surface area contributed by atoms with Gasteiger partial charge < -0.3 is 5.73 Å². The predicted molar refractivity (Wildman–Crippen MR) is 81.2 cm³/mol. The lowest BCUT2D eigenvalue weighted by molar-refractivity contribution is 1.01. The summed E-state index contributed by atoms with van der Waals surface area (Å²) in [5.41, 5.74) is 8.72. The topological polar surface area (TPSA) is 64.7 Å². The molecule has 0 fully saturated rings. The van der Waals surface area contributed by atoms with Crippen molar-refractivity contribution in [1.82, 2.24) is 15.0 Å². The Kier molecular flexibility index (Phi) is 3.54. The molecule has 3 rings (SSSR count). The predicted octanol–water partition coefficient (Wildman–Crippen LogP) is 3.03. The molecule has 0 unspecified atom stereocenters. The first-order valence-electron chi connectivity index (χ1n) is 6.33. The first-order valence-corrected chi connectivity index (χ1v) is 7.15. The molecule has 5 heteroatoms. The van der Waals surface area contributed by atoms with Gasteiger partial charge in [-0.2, -0.15) is 0 Å². The van der Waals surface area contributed by atoms with E-state index in [9.17, 15) is 0 Å². The summed E-state index contributed by atoms with van der Waals surface area (Å²) in [6.07, 6.45) is 1.75. The zero-order valence-corrected chi connectivity index (χ0v) is 11.9. The molecule has 0 bridgehead atoms. The summed E-state index contributed by atoms with van der Waals surface area (Å²) >= 11 is 1.62. The van der Waals surface area contributed by atoms with E-state index >= 15 is 0 Å². The van der Waals surface area contributed by atoms with Crippen molar-refractivity contribution < 1.29 is 0 Å². The molecule has 0 aliphatic heterocycles. The van der Waals surface area contributed by atoms with Gasteiger partial charge in [0.1, 0.15) is 16.5 Å². The average molecular weight is 282 g/mol. The third kappa shape index (κ3) is 2.45. The van der Waals surface area contributed by atoms with Crippen LogP contribution in [0, 0.1) is 6.92 Å². The SMILES string of the molecule is Cc1nccc(-c2nc(CN)c(-c3ccccc3)s2)n1. The monoisotopic (exact) mass is 282 g/mol. The first-order chi connectivity index (χ1) is 9.78. The number of nitrogens with two attached hydrogens (primary N) is 1. The molecule has 3 aromatic rings. The Labute approximate surface area is 121 Å². The van der Waals surface area contributed by atoms with E-state index in [1.54, 1.807) is 17.5 Å². The maximum Gasteiger partial charge on any atom is 0.142 e. The number of thiazole rings is 1. The lowest BCUT2D eigenvalue weighted by atomic mass is 10.1. The van der Waals surface area contributed by atoms with Crippen LogP contribution in [-0.4, -0.2) is 15.0 Å². The highest BCUT2D eigenvalue weighted by atomic mass is 32.1. The summed E-state index contributed by atoms with van der Waals surface area (Å²) in [6, 6.07) is 12.1. The van der Waals surface area contributed by atoms with E-state index in [-0.39, 0.29) is 0 Å². The van der Waals surface area contributed by atoms with Gasteiger partial charge in [-0.15, -0.1) is 11.3 Å². The van der Waals surface area contributed by atoms with Crippen molar-refractivity contribution in [2.75, 3.05) is 0 Å². The fourth-order valence-electron chi connectivity index (χ4n) is 1.99. The zero-order valence-electron chi connectivity index (χ0n) is 11.1. The van der Waals surface area contributed by atoms with Gasteiger partial charge in [-0.25, -0.2) is 15.0 Å². The van der Waals surface area contributed by atoms with E-state index < -0.39 is 0 Å². The van der Waals surface area contributed by atoms with Gasteiger partial charge in [0.2, 0.25) is 0 Å². The molecule has 1 aromatic carbocycles. The lowest BCUT2D eigenvalue weighted by Crippen LogP contribution is -1.98. The quantitative estimate of drug-likeness (QED) is 0.802. The highest BCUT2D eigenvalue weighted by molar-refractivity contribution is 7.18. The molecule has 0 saturated carbocycles. The summed E-state index contributed by atoms with van der Waals surface area (Å²) in [6.45, 7) is 2.30. The number of aryl methyl sites for hydroxylation is 1. The van der Waals surface area contributed by atoms with Gasteiger partial charge in [0.15, 0.2) is 0 Å². The van der Waals surface area contributed by atoms with Gasteiger partial charge >= 0.3 is 0 Å². The molecule has 0 spiro atoms. The largest absolute Gasteiger partial charge is 0.325 e. The third-order valence-electron chi connectivity index (χ3n) is 2.92. The molecule has 100 valence electrons. The molecular weight excluding hydrogens is 268 g/mol. The van der Waals surface area contributed by atoms with E-state index in [2.05, 4.69) is 27.1 Å². The van der Waals surface area contributed by atoms with Crippen molar-refractivity contribution in [2.45, 2.75) is 13.5 Å². The second-order valence-electron chi connectivity index (χ2n) is 4.35. The van der Waals surface area contributed by atoms with Crippen LogP contribution in [0.2, 0.25) is 0 Å². The molecule has 0 saturated heterocycles. The van der Waals surface area contributed by atoms with E-state index in [0.29, 0.717) is 6.54 Å². The van der Waals surface area contributed by atoms with Crippen molar-refractivity contribution in [2.24, 2.45) is 5.73 Å². The second kappa shape index (κ2) is 5.48. The molecule has 0 radical (unpaired) electrons. The smallest absolute Gasteiger partial charge is 0.142 e. The zero-order chi connectivity index (χ0) is 13.9. The maximum atomic E-state index is 5.82. The van der Waals surface area contributed by atoms with Gasteiger partial charge in [0.05, 0.1) is 10.6 Å². The standard InChI is InChI=1S/C15H14N4S/c1-10-17-8-7-12(18-10)15-19-13(9-16)14(20-15)11-5-3-2-4-6-11/h2-8H,9,16H2,1H3. The van der Waals surface area contributed by atoms with Crippen LogP contribution in [0.1, 0.15) is 11.5 Å². The Morgan fingerprint density at radius 3 is 2.60 bits per heavy atom. The molecule has 2 aromatic heterocycles. The normalized spacial score (nSPS) is 10.7. The Morgan fingerprint density at radius 2 is 1.90 bits per heavy atom. The Balaban J connectivity index is 2.10. The highest BCUT2D eigenvalue weighted by Gasteiger charge is 2.14. The summed E-state index contributed by atoms with van der Waals surface area (Å²) < 4.78 is 0. The van der Waals surface area contributed by atoms with Crippen molar-refractivity contribution >= 4 is 11.3 Å². The number of nitrogens with zero attached hydrogens (tertiary/aromatic N) is 3. The fraction of sp³-hybridized carbons (Fsp3) is 0.133. The molecule has 0 atom stereocenters. The lowest BCUT2D eigenvalue weighted by Gasteiger charge is -1.98. The van der Waals surface area contributed by atoms with E-state index in [1.807, 2.05) is 31.2 Å². The minimum Gasteiger partial charge on any atom is -0.325 e. The van der Waals surface area contributed by atoms with Crippen LogP contribution in [0.15, 0.2) is 42.6 Å². The minimum atomic E-state index is 0.421. The van der Waals surface area contributed by atoms with Gasteiger partial charge in [0.25, 0.3) is 0 Å². The molecule has 0 aliphatic carbocycles. The molecule has 20 heavy (non-hydrogen) atoms. The van der Waals surface area contributed by atoms with Crippen LogP contribution < -0.4 is 5.73 Å². The third-order valence-corrected chi connectivity index (χ3v) is 4.09. The molecule has 4 nitrogen and oxygen atoms in total. The molecule has 0 aliphatic rings. The summed E-state index contributed by atoms with van der Waals surface area (Å²) in [5, 5.41) is 0.884. The van der Waals surface area contributed by atoms with E-state index in [0.717, 1.165) is 32.7 Å². The fourth-order valence-corrected chi connectivity index (χ4v) is 3.06. The van der Waals surface area contributed by atoms with E-state index in [1.165, 1.54) is 0 Å². The van der Waals surface area contributed by atoms with Crippen molar-refractivity contribution in [1.29, 1.82) is 0 Å². The van der Waals surface area contributed by atoms with Gasteiger partial charge in [-0.05, 0) is 18.6 Å². The molecular formula is C15H14N4S. The number of rotatable bonds is 3. The van der Waals surface area contributed by atoms with Crippen LogP contribution in [0.25, 0.3) is 21.1 Å². The van der Waals surface area contributed by atoms with Crippen LogP contribution in [-0.2, 0) is 6.54 Å². The van der Waals surface area contributed by atoms with Crippen molar-refractivity contribution in [3.8, 4) is 21.1 Å². The van der Waals surface area contributed by atoms with Crippen LogP contribution in [0.4, 0.5) is 0 Å². The number of benzene rings is 1. The van der Waals surface area contributed by atoms with Gasteiger partial charge in [-0.3, -0.25) is 0 Å². The van der Waals surface area contributed by atoms with Crippen molar-refractivity contribution in [3.63, 3.8) is 0 Å². The second-order valence-corrected chi connectivity index (χ2v) is 5.35. The highest BCUT2D eigenvalue weighted by Crippen LogP contribution is 2.34. The van der Waals surface area contributed by atoms with E-state index in [4.69, 9.17) is 5.73 Å². The molecule has 0 amide bonds. The van der Waals surface area contributed by atoms with Crippen LogP contribution >= 0.6 is 11.3 Å². The maximum absolute atomic E-state index is 5.82. The minimum absolute atomic E-state index is 0.421. The van der Waals surface area contributed by atoms with Crippen LogP contribution in [0.5, 0.6) is 0 Å². The molecule has 2 N–H and O–H groups in total. The number of hydrogen-bond donors (Lipinski definition) is 1. The van der Waals surface area contributed by atoms with Gasteiger partial charge in [0, 0.05) is 12.7 Å². The Hall–Kier alpha value is -2.11. The average Bonchev–Trinajstić information content (AvgIpc) is 2.92. The first kappa shape index (κ1) is 12.9. The number of aromatic nitrogens is 3.